The van der Waals surface area contributed by atoms with Crippen LogP contribution in [0.3, 0.4) is 0 Å². The van der Waals surface area contributed by atoms with Gasteiger partial charge in [-0.15, -0.1) is 0 Å². The highest BCUT2D eigenvalue weighted by Crippen LogP contribution is 2.50. The Kier molecular flexibility index (Phi) is 19.6. The van der Waals surface area contributed by atoms with Crippen molar-refractivity contribution in [1.29, 1.82) is 0 Å². The Morgan fingerprint density at radius 2 is 1.00 bits per heavy atom. The van der Waals surface area contributed by atoms with Crippen LogP contribution in [0.5, 0.6) is 0 Å². The van der Waals surface area contributed by atoms with Crippen LogP contribution < -0.4 is 0 Å². The van der Waals surface area contributed by atoms with Crippen molar-refractivity contribution in [1.82, 2.24) is 0 Å². The molecule has 0 radical (unpaired) electrons. The normalized spacial score (nSPS) is 15.5. The summed E-state index contributed by atoms with van der Waals surface area (Å²) in [5, 5.41) is 0. The average molecular weight is 897 g/mol. The first-order valence-electron chi connectivity index (χ1n) is 25.4. The minimum Gasteiger partial charge on any atom is -0.0839 e. The molecular weight excluding hydrogens is 817 g/mol. The lowest BCUT2D eigenvalue weighted by Gasteiger charge is -2.23. The van der Waals surface area contributed by atoms with Crippen LogP contribution in [0, 0.1) is 33.1 Å². The Balaban J connectivity index is 0.000000182. The van der Waals surface area contributed by atoms with E-state index in [0.717, 1.165) is 6.42 Å². The number of rotatable bonds is 4. The summed E-state index contributed by atoms with van der Waals surface area (Å²) in [5.41, 5.74) is 24.0. The molecule has 10 rings (SSSR count). The molecule has 6 aromatic rings. The van der Waals surface area contributed by atoms with Crippen LogP contribution in [-0.2, 0) is 5.41 Å². The Hall–Kier alpha value is -6.24. The molecule has 4 aliphatic carbocycles. The van der Waals surface area contributed by atoms with Crippen molar-refractivity contribution in [3.05, 3.63) is 244 Å². The molecule has 0 N–H and O–H groups in total. The van der Waals surface area contributed by atoms with E-state index in [-0.39, 0.29) is 10.8 Å². The molecule has 0 bridgehead atoms. The van der Waals surface area contributed by atoms with Crippen molar-refractivity contribution >= 4 is 16.7 Å². The lowest BCUT2D eigenvalue weighted by Crippen LogP contribution is -2.16. The molecule has 0 atom stereocenters. The van der Waals surface area contributed by atoms with Crippen LogP contribution in [0.25, 0.3) is 39.0 Å². The molecule has 0 aliphatic heterocycles. The predicted molar refractivity (Wildman–Crippen MR) is 303 cm³/mol. The van der Waals surface area contributed by atoms with Gasteiger partial charge in [-0.1, -0.05) is 260 Å². The van der Waals surface area contributed by atoms with Crippen molar-refractivity contribution < 1.29 is 0 Å². The molecule has 0 aromatic heterocycles. The third kappa shape index (κ3) is 13.9. The third-order valence-corrected chi connectivity index (χ3v) is 13.2. The van der Waals surface area contributed by atoms with Crippen molar-refractivity contribution in [3.8, 4) is 22.3 Å². The second-order valence-electron chi connectivity index (χ2n) is 19.3. The van der Waals surface area contributed by atoms with Gasteiger partial charge in [0.05, 0.1) is 0 Å². The molecule has 0 spiro atoms. The summed E-state index contributed by atoms with van der Waals surface area (Å²) in [4.78, 5) is 0. The Morgan fingerprint density at radius 3 is 1.62 bits per heavy atom. The average Bonchev–Trinajstić information content (AvgIpc) is 3.59. The van der Waals surface area contributed by atoms with Gasteiger partial charge in [-0.2, -0.15) is 0 Å². The highest BCUT2D eigenvalue weighted by molar-refractivity contribution is 5.84. The van der Waals surface area contributed by atoms with Crippen LogP contribution in [0.4, 0.5) is 0 Å². The zero-order valence-electron chi connectivity index (χ0n) is 43.9. The fraction of sp³-hybridized carbons (Fsp3) is 0.294. The number of allylic oxidation sites excluding steroid dienone is 12. The molecule has 4 aliphatic rings. The minimum atomic E-state index is 0.204. The predicted octanol–water partition coefficient (Wildman–Crippen LogP) is 20.3. The van der Waals surface area contributed by atoms with E-state index in [1.54, 1.807) is 11.1 Å². The summed E-state index contributed by atoms with van der Waals surface area (Å²) in [6.07, 6.45) is 22.1. The zero-order chi connectivity index (χ0) is 49.3. The maximum Gasteiger partial charge on any atom is 0.0155 e. The number of fused-ring (bicyclic) bond motifs is 2. The maximum absolute atomic E-state index is 2.37. The van der Waals surface area contributed by atoms with Gasteiger partial charge in [-0.25, -0.2) is 0 Å². The van der Waals surface area contributed by atoms with Crippen LogP contribution >= 0.6 is 0 Å². The smallest absolute Gasteiger partial charge is 0.0155 e. The van der Waals surface area contributed by atoms with Crippen LogP contribution in [0.15, 0.2) is 199 Å². The lowest BCUT2D eigenvalue weighted by molar-refractivity contribution is 0.485. The van der Waals surface area contributed by atoms with E-state index in [2.05, 4.69) is 226 Å². The summed E-state index contributed by atoms with van der Waals surface area (Å²) < 4.78 is 0. The van der Waals surface area contributed by atoms with E-state index in [0.29, 0.717) is 0 Å². The third-order valence-electron chi connectivity index (χ3n) is 13.2. The van der Waals surface area contributed by atoms with Crippen LogP contribution in [-0.4, -0.2) is 0 Å². The molecule has 0 amide bonds. The van der Waals surface area contributed by atoms with Crippen LogP contribution in [0.1, 0.15) is 139 Å². The summed E-state index contributed by atoms with van der Waals surface area (Å²) in [6, 6.07) is 52.1. The standard InChI is InChI=1S/C28H30.C16H18.C13H12.C7H8.2C2H6/c1-20-8-5-6-11-26(20)27-13-12-25(18-21(27)2)24-10-7-9-23(19-24)22-14-16-28(3,4)17-15-22;1-11-8-9-15-13(10-11)12-6-4-5-7-14(12)16(15,2)3;1-11-7-9-13(10-8-11)12-5-3-2-4-6-12;1-7-5-3-2-4-6-7;2*1-2/h6-7,9-16,18-19H,5,8,17H2,1-4H3;5,7-10H,4,6H2,1-3H3;2-10H,1H3;2-6H,1H3;2*1-2H3. The second-order valence-corrected chi connectivity index (χ2v) is 19.3. The van der Waals surface area contributed by atoms with Gasteiger partial charge in [-0.3, -0.25) is 0 Å². The first-order chi connectivity index (χ1) is 32.8. The largest absolute Gasteiger partial charge is 0.0839 e. The Morgan fingerprint density at radius 1 is 0.441 bits per heavy atom. The number of hydrogen-bond acceptors (Lipinski definition) is 0. The SMILES string of the molecule is CC.CC.CC1=C(c2ccc(-c3cccc(C4=CCC(C)(C)C=C4)c3)cc2C)C=CCC1.Cc1ccc(-c2ccccc2)cc1.Cc1ccc2c(c1)C1=C(C=CCC1)C2(C)C.Cc1ccccc1. The first kappa shape index (κ1) is 52.7. The molecule has 6 aromatic carbocycles. The highest BCUT2D eigenvalue weighted by atomic mass is 14.4. The summed E-state index contributed by atoms with van der Waals surface area (Å²) in [7, 11) is 0. The number of hydrogen-bond donors (Lipinski definition) is 0. The van der Waals surface area contributed by atoms with Crippen molar-refractivity contribution in [2.75, 3.05) is 0 Å². The number of benzene rings is 6. The van der Waals surface area contributed by atoms with E-state index in [9.17, 15) is 0 Å². The fourth-order valence-electron chi connectivity index (χ4n) is 9.20. The molecule has 0 saturated carbocycles. The van der Waals surface area contributed by atoms with E-state index < -0.39 is 0 Å². The van der Waals surface area contributed by atoms with Gasteiger partial charge in [0.1, 0.15) is 0 Å². The van der Waals surface area contributed by atoms with Gasteiger partial charge in [-0.05, 0) is 151 Å². The maximum atomic E-state index is 2.37. The molecule has 0 unspecified atom stereocenters. The summed E-state index contributed by atoms with van der Waals surface area (Å²) in [6.45, 7) is 28.1. The van der Waals surface area contributed by atoms with Gasteiger partial charge < -0.3 is 0 Å². The van der Waals surface area contributed by atoms with Gasteiger partial charge in [0, 0.05) is 5.41 Å². The van der Waals surface area contributed by atoms with Crippen LogP contribution in [0.2, 0.25) is 0 Å². The fourth-order valence-corrected chi connectivity index (χ4v) is 9.20. The van der Waals surface area contributed by atoms with Crippen molar-refractivity contribution in [3.63, 3.8) is 0 Å². The van der Waals surface area contributed by atoms with E-state index in [1.165, 1.54) is 109 Å². The Labute approximate surface area is 413 Å². The highest BCUT2D eigenvalue weighted by Gasteiger charge is 2.36. The van der Waals surface area contributed by atoms with E-state index in [1.807, 2.05) is 52.0 Å². The molecule has 0 fully saturated rings. The minimum absolute atomic E-state index is 0.204. The molecule has 0 heterocycles. The van der Waals surface area contributed by atoms with E-state index in [4.69, 9.17) is 0 Å². The topological polar surface area (TPSA) is 0 Å². The van der Waals surface area contributed by atoms with Gasteiger partial charge >= 0.3 is 0 Å². The summed E-state index contributed by atoms with van der Waals surface area (Å²) >= 11 is 0. The first-order valence-corrected chi connectivity index (χ1v) is 25.4. The number of aryl methyl sites for hydroxylation is 4. The van der Waals surface area contributed by atoms with Gasteiger partial charge in [0.2, 0.25) is 0 Å². The van der Waals surface area contributed by atoms with Gasteiger partial charge in [0.15, 0.2) is 0 Å². The van der Waals surface area contributed by atoms with Crippen molar-refractivity contribution in [2.45, 2.75) is 128 Å². The Bertz CT molecular complexity index is 2740. The molecule has 0 heteroatoms. The van der Waals surface area contributed by atoms with Gasteiger partial charge in [0.25, 0.3) is 0 Å². The van der Waals surface area contributed by atoms with Crippen molar-refractivity contribution in [2.24, 2.45) is 5.41 Å². The molecule has 0 nitrogen and oxygen atoms in total. The monoisotopic (exact) mass is 897 g/mol. The molecule has 68 heavy (non-hydrogen) atoms. The molecular formula is C68H80. The zero-order valence-corrected chi connectivity index (χ0v) is 43.9. The van der Waals surface area contributed by atoms with E-state index >= 15 is 0 Å². The quantitative estimate of drug-likeness (QED) is 0.165. The second kappa shape index (κ2) is 25.2. The molecule has 0 saturated heterocycles. The molecule has 352 valence electrons. The lowest BCUT2D eigenvalue weighted by atomic mass is 9.80. The summed E-state index contributed by atoms with van der Waals surface area (Å²) in [5.74, 6) is 0.